The Labute approximate surface area is 206 Å². The summed E-state index contributed by atoms with van der Waals surface area (Å²) in [5.41, 5.74) is 5.46. The van der Waals surface area contributed by atoms with Gasteiger partial charge in [-0.2, -0.15) is 0 Å². The molecular formula is C16H16N5NaO7S2. The summed E-state index contributed by atoms with van der Waals surface area (Å²) < 4.78 is 4.85. The first kappa shape index (κ1) is 25.1. The quantitative estimate of drug-likeness (QED) is 0.127. The molecule has 1 aromatic rings. The predicted octanol–water partition coefficient (Wildman–Crippen LogP) is -4.95. The van der Waals surface area contributed by atoms with Crippen molar-refractivity contribution in [1.82, 2.24) is 15.2 Å². The number of amides is 2. The number of nitrogens with zero attached hydrogens (tertiary/aromatic N) is 3. The number of oxime groups is 1. The molecule has 1 saturated heterocycles. The number of hydrogen-bond acceptors (Lipinski definition) is 12. The molecule has 0 spiro atoms. The number of hydrogen-bond donors (Lipinski definition) is 2. The third kappa shape index (κ3) is 5.20. The van der Waals surface area contributed by atoms with Crippen LogP contribution in [0.4, 0.5) is 5.13 Å². The fourth-order valence-corrected chi connectivity index (χ4v) is 4.75. The van der Waals surface area contributed by atoms with Crippen molar-refractivity contribution in [2.45, 2.75) is 18.3 Å². The van der Waals surface area contributed by atoms with E-state index >= 15 is 0 Å². The number of nitrogens with two attached hydrogens (primary N) is 1. The van der Waals surface area contributed by atoms with Crippen LogP contribution in [0, 0.1) is 0 Å². The molecule has 2 atom stereocenters. The number of thioether (sulfide) groups is 1. The number of rotatable bonds is 7. The Morgan fingerprint density at radius 1 is 1.45 bits per heavy atom. The number of nitrogens with one attached hydrogen (secondary N) is 1. The first-order chi connectivity index (χ1) is 14.2. The molecule has 3 rings (SSSR count). The number of carboxylic acid groups (broad SMARTS) is 1. The molecule has 0 aromatic carbocycles. The zero-order valence-corrected chi connectivity index (χ0v) is 20.4. The topological polar surface area (TPSA) is 176 Å². The molecule has 0 saturated carbocycles. The van der Waals surface area contributed by atoms with E-state index in [2.05, 4.69) is 20.3 Å². The zero-order valence-electron chi connectivity index (χ0n) is 16.7. The number of thiazole rings is 1. The van der Waals surface area contributed by atoms with E-state index < -0.39 is 35.2 Å². The van der Waals surface area contributed by atoms with E-state index in [-0.39, 0.29) is 69.7 Å². The molecule has 3 N–H and O–H groups in total. The van der Waals surface area contributed by atoms with Crippen molar-refractivity contribution < 1.29 is 63.4 Å². The summed E-state index contributed by atoms with van der Waals surface area (Å²) in [4.78, 5) is 57.5. The van der Waals surface area contributed by atoms with Crippen LogP contribution in [-0.2, 0) is 28.8 Å². The number of aliphatic carboxylic acids is 1. The molecule has 12 nitrogen and oxygen atoms in total. The summed E-state index contributed by atoms with van der Waals surface area (Å²) >= 11 is 2.32. The van der Waals surface area contributed by atoms with Crippen molar-refractivity contribution >= 4 is 57.7 Å². The van der Waals surface area contributed by atoms with Crippen LogP contribution >= 0.6 is 23.1 Å². The number of esters is 1. The van der Waals surface area contributed by atoms with E-state index in [1.807, 2.05) is 0 Å². The minimum atomic E-state index is -1.57. The average molecular weight is 477 g/mol. The van der Waals surface area contributed by atoms with E-state index in [9.17, 15) is 24.3 Å². The molecule has 0 aliphatic carbocycles. The molecule has 3 heterocycles. The summed E-state index contributed by atoms with van der Waals surface area (Å²) in [5.74, 6) is -3.35. The fraction of sp³-hybridized carbons (Fsp3) is 0.375. The minimum Gasteiger partial charge on any atom is -0.543 e. The second kappa shape index (κ2) is 10.5. The average Bonchev–Trinajstić information content (AvgIpc) is 3.13. The van der Waals surface area contributed by atoms with Gasteiger partial charge in [0.15, 0.2) is 10.8 Å². The van der Waals surface area contributed by atoms with Crippen LogP contribution in [0.15, 0.2) is 21.8 Å². The number of aromatic nitrogens is 1. The van der Waals surface area contributed by atoms with Crippen molar-refractivity contribution in [2.75, 3.05) is 25.2 Å². The molecule has 2 aliphatic rings. The summed E-state index contributed by atoms with van der Waals surface area (Å²) in [7, 11) is 1.25. The zero-order chi connectivity index (χ0) is 22.0. The number of fused-ring (bicyclic) bond motifs is 1. The predicted molar refractivity (Wildman–Crippen MR) is 104 cm³/mol. The van der Waals surface area contributed by atoms with Gasteiger partial charge < -0.3 is 30.5 Å². The number of carboxylic acids is 1. The van der Waals surface area contributed by atoms with E-state index in [1.54, 1.807) is 0 Å². The number of anilines is 1. The summed E-state index contributed by atoms with van der Waals surface area (Å²) in [6.07, 6.45) is 0. The smallest absolute Gasteiger partial charge is 0.543 e. The Morgan fingerprint density at radius 2 is 2.16 bits per heavy atom. The Balaban J connectivity index is 0.00000341. The molecule has 1 fully saturated rings. The van der Waals surface area contributed by atoms with Crippen LogP contribution in [0.1, 0.15) is 12.6 Å². The maximum atomic E-state index is 12.6. The Hall–Kier alpha value is -2.13. The van der Waals surface area contributed by atoms with E-state index in [4.69, 9.17) is 10.5 Å². The van der Waals surface area contributed by atoms with Gasteiger partial charge in [0.25, 0.3) is 11.8 Å². The van der Waals surface area contributed by atoms with E-state index in [0.29, 0.717) is 0 Å². The number of ether oxygens (including phenoxy) is 1. The van der Waals surface area contributed by atoms with Crippen molar-refractivity contribution in [3.8, 4) is 0 Å². The number of carbonyl (C=O) groups is 4. The third-order valence-electron chi connectivity index (χ3n) is 4.14. The second-order valence-corrected chi connectivity index (χ2v) is 8.07. The maximum Gasteiger partial charge on any atom is 1.00 e. The number of β-lactam (4-membered cyclic amide) rings is 1. The Kier molecular flexibility index (Phi) is 8.48. The van der Waals surface area contributed by atoms with Crippen molar-refractivity contribution in [3.63, 3.8) is 0 Å². The van der Waals surface area contributed by atoms with Crippen LogP contribution in [0.2, 0.25) is 0 Å². The molecule has 0 radical (unpaired) electrons. The molecular weight excluding hydrogens is 461 g/mol. The van der Waals surface area contributed by atoms with Gasteiger partial charge in [0, 0.05) is 23.6 Å². The second-order valence-electron chi connectivity index (χ2n) is 6.07. The van der Waals surface area contributed by atoms with Gasteiger partial charge in [-0.3, -0.25) is 19.3 Å². The van der Waals surface area contributed by atoms with Gasteiger partial charge in [0.05, 0.1) is 11.7 Å². The largest absolute Gasteiger partial charge is 1.00 e. The molecule has 15 heteroatoms. The minimum absolute atomic E-state index is 0. The van der Waals surface area contributed by atoms with E-state index in [1.165, 1.54) is 31.2 Å². The van der Waals surface area contributed by atoms with Gasteiger partial charge in [-0.25, -0.2) is 4.98 Å². The summed E-state index contributed by atoms with van der Waals surface area (Å²) in [6.45, 7) is 0.919. The van der Waals surface area contributed by atoms with Gasteiger partial charge >= 0.3 is 35.5 Å². The maximum absolute atomic E-state index is 12.6. The standard InChI is InChI=1S/C16H17N5O7S2.Na/c1-6(22)28-3-7-4-29-14-10(13(24)21(14)11(7)15(25)26)19-12(23)9(20-27-2)8-5-30-16(17)18-8;/h5,10,14H,3-4H2,1-2H3,(H2,17,18)(H,19,23)(H,25,26);/q;+1/p-1/b20-9-;/t10-,14-;/m0./s1. The first-order valence-corrected chi connectivity index (χ1v) is 10.3. The molecule has 2 aliphatic heterocycles. The summed E-state index contributed by atoms with van der Waals surface area (Å²) in [6, 6.07) is -0.995. The normalized spacial score (nSPS) is 20.3. The van der Waals surface area contributed by atoms with E-state index in [0.717, 1.165) is 16.2 Å². The molecule has 31 heavy (non-hydrogen) atoms. The van der Waals surface area contributed by atoms with Crippen LogP contribution in [0.5, 0.6) is 0 Å². The fourth-order valence-electron chi connectivity index (χ4n) is 2.87. The molecule has 160 valence electrons. The molecule has 0 unspecified atom stereocenters. The van der Waals surface area contributed by atoms with Crippen molar-refractivity contribution in [3.05, 3.63) is 22.3 Å². The monoisotopic (exact) mass is 477 g/mol. The number of carbonyl (C=O) groups excluding carboxylic acids is 4. The molecule has 0 bridgehead atoms. The van der Waals surface area contributed by atoms with Gasteiger partial charge in [0.1, 0.15) is 30.8 Å². The van der Waals surface area contributed by atoms with Crippen LogP contribution < -0.4 is 45.7 Å². The molecule has 2 amide bonds. The van der Waals surface area contributed by atoms with Gasteiger partial charge in [-0.15, -0.1) is 23.1 Å². The van der Waals surface area contributed by atoms with Crippen LogP contribution in [0.3, 0.4) is 0 Å². The Bertz CT molecular complexity index is 979. The van der Waals surface area contributed by atoms with Gasteiger partial charge in [-0.1, -0.05) is 5.16 Å². The SMILES string of the molecule is CO/N=C(\C(=O)N[C@H]1C(=O)N2C(C(=O)[O-])=C(COC(C)=O)CS[C@@H]12)c1csc(N)n1.[Na+]. The van der Waals surface area contributed by atoms with Crippen molar-refractivity contribution in [1.29, 1.82) is 0 Å². The molecule has 1 aromatic heterocycles. The van der Waals surface area contributed by atoms with Gasteiger partial charge in [-0.05, 0) is 0 Å². The van der Waals surface area contributed by atoms with Crippen molar-refractivity contribution in [2.24, 2.45) is 5.16 Å². The number of nitrogen functional groups attached to an aromatic ring is 1. The van der Waals surface area contributed by atoms with Crippen LogP contribution in [0.25, 0.3) is 0 Å². The first-order valence-electron chi connectivity index (χ1n) is 8.39. The van der Waals surface area contributed by atoms with Gasteiger partial charge in [0.2, 0.25) is 0 Å². The van der Waals surface area contributed by atoms with Crippen LogP contribution in [-0.4, -0.2) is 70.2 Å². The Morgan fingerprint density at radius 3 is 2.71 bits per heavy atom. The third-order valence-corrected chi connectivity index (χ3v) is 6.15. The summed E-state index contributed by atoms with van der Waals surface area (Å²) in [5, 5.41) is 18.8.